The van der Waals surface area contributed by atoms with Gasteiger partial charge in [0.05, 0.1) is 6.04 Å². The van der Waals surface area contributed by atoms with Crippen molar-refractivity contribution in [3.63, 3.8) is 0 Å². The number of halogens is 1. The van der Waals surface area contributed by atoms with Crippen LogP contribution in [0.1, 0.15) is 50.2 Å². The molecule has 158 valence electrons. The summed E-state index contributed by atoms with van der Waals surface area (Å²) >= 11 is 1.53. The minimum Gasteiger partial charge on any atom is -0.346 e. The molecule has 0 aliphatic rings. The smallest absolute Gasteiger partial charge is 0.220 e. The summed E-state index contributed by atoms with van der Waals surface area (Å²) in [5.74, 6) is 1.35. The van der Waals surface area contributed by atoms with Gasteiger partial charge in [0.15, 0.2) is 11.0 Å². The van der Waals surface area contributed by atoms with Crippen molar-refractivity contribution < 1.29 is 9.18 Å². The molecule has 5 nitrogen and oxygen atoms in total. The molecule has 30 heavy (non-hydrogen) atoms. The van der Waals surface area contributed by atoms with Crippen LogP contribution in [0, 0.1) is 18.7 Å². The molecule has 3 aromatic rings. The minimum absolute atomic E-state index is 0.00327. The van der Waals surface area contributed by atoms with E-state index in [-0.39, 0.29) is 23.7 Å². The van der Waals surface area contributed by atoms with E-state index in [1.807, 2.05) is 56.5 Å². The predicted molar refractivity (Wildman–Crippen MR) is 118 cm³/mol. The molecular weight excluding hydrogens is 399 g/mol. The molecule has 0 fully saturated rings. The maximum absolute atomic E-state index is 13.2. The maximum Gasteiger partial charge on any atom is 0.220 e. The van der Waals surface area contributed by atoms with E-state index in [0.717, 1.165) is 22.0 Å². The highest BCUT2D eigenvalue weighted by atomic mass is 32.2. The largest absolute Gasteiger partial charge is 0.346 e. The Morgan fingerprint density at radius 3 is 2.37 bits per heavy atom. The number of carbonyl (C=O) groups excluding carboxylic acids is 1. The number of amides is 1. The fourth-order valence-electron chi connectivity index (χ4n) is 3.06. The van der Waals surface area contributed by atoms with Gasteiger partial charge in [-0.1, -0.05) is 55.4 Å². The average Bonchev–Trinajstić information content (AvgIpc) is 3.11. The van der Waals surface area contributed by atoms with E-state index in [1.54, 1.807) is 12.1 Å². The van der Waals surface area contributed by atoms with Crippen LogP contribution in [0.15, 0.2) is 53.7 Å². The first-order valence-corrected chi connectivity index (χ1v) is 11.0. The molecule has 0 bridgehead atoms. The molecule has 1 atom stereocenters. The van der Waals surface area contributed by atoms with Crippen molar-refractivity contribution in [1.82, 2.24) is 20.1 Å². The van der Waals surface area contributed by atoms with E-state index in [1.165, 1.54) is 23.9 Å². The lowest BCUT2D eigenvalue weighted by atomic mass is 10.1. The van der Waals surface area contributed by atoms with Gasteiger partial charge in [-0.05, 0) is 49.6 Å². The number of rotatable bonds is 8. The van der Waals surface area contributed by atoms with Crippen LogP contribution in [0.25, 0.3) is 5.69 Å². The Bertz CT molecular complexity index is 983. The molecule has 2 aromatic carbocycles. The Labute approximate surface area is 181 Å². The number of benzene rings is 2. The van der Waals surface area contributed by atoms with Crippen molar-refractivity contribution in [1.29, 1.82) is 0 Å². The minimum atomic E-state index is -0.287. The Balaban J connectivity index is 1.87. The normalized spacial score (nSPS) is 12.2. The number of hydrogen-bond donors (Lipinski definition) is 1. The molecule has 0 saturated heterocycles. The van der Waals surface area contributed by atoms with Gasteiger partial charge < -0.3 is 5.32 Å². The standard InChI is InChI=1S/C23H27FN4OS/c1-15(2)13-21(29)25-17(4)22-26-27-23(28(22)20-11-5-16(3)6-12-20)30-14-18-7-9-19(24)10-8-18/h5-12,15,17H,13-14H2,1-4H3,(H,25,29)/t17-/m1/s1. The first-order chi connectivity index (χ1) is 14.3. The van der Waals surface area contributed by atoms with Gasteiger partial charge in [-0.25, -0.2) is 4.39 Å². The zero-order valence-corrected chi connectivity index (χ0v) is 18.5. The molecule has 1 heterocycles. The van der Waals surface area contributed by atoms with Crippen LogP contribution < -0.4 is 5.32 Å². The van der Waals surface area contributed by atoms with Crippen LogP contribution in [0.5, 0.6) is 0 Å². The van der Waals surface area contributed by atoms with Gasteiger partial charge in [-0.3, -0.25) is 9.36 Å². The number of hydrogen-bond acceptors (Lipinski definition) is 4. The second-order valence-corrected chi connectivity index (χ2v) is 8.76. The first-order valence-electron chi connectivity index (χ1n) is 10.0. The molecule has 1 N–H and O–H groups in total. The van der Waals surface area contributed by atoms with Gasteiger partial charge in [0.1, 0.15) is 5.82 Å². The predicted octanol–water partition coefficient (Wildman–Crippen LogP) is 5.23. The molecule has 0 aliphatic heterocycles. The third-order valence-electron chi connectivity index (χ3n) is 4.59. The van der Waals surface area contributed by atoms with Crippen molar-refractivity contribution >= 4 is 17.7 Å². The van der Waals surface area contributed by atoms with Crippen LogP contribution in [-0.4, -0.2) is 20.7 Å². The van der Waals surface area contributed by atoms with Crippen LogP contribution in [0.3, 0.4) is 0 Å². The lowest BCUT2D eigenvalue weighted by molar-refractivity contribution is -0.122. The fraction of sp³-hybridized carbons (Fsp3) is 0.348. The van der Waals surface area contributed by atoms with Gasteiger partial charge in [0.2, 0.25) is 5.91 Å². The Hall–Kier alpha value is -2.67. The molecule has 0 unspecified atom stereocenters. The van der Waals surface area contributed by atoms with Crippen molar-refractivity contribution in [2.45, 2.75) is 51.1 Å². The highest BCUT2D eigenvalue weighted by Gasteiger charge is 2.21. The highest BCUT2D eigenvalue weighted by Crippen LogP contribution is 2.28. The number of nitrogens with one attached hydrogen (secondary N) is 1. The van der Waals surface area contributed by atoms with Crippen LogP contribution in [0.4, 0.5) is 4.39 Å². The average molecular weight is 427 g/mol. The molecular formula is C23H27FN4OS. The molecule has 0 saturated carbocycles. The SMILES string of the molecule is Cc1ccc(-n2c(SCc3ccc(F)cc3)nnc2[C@@H](C)NC(=O)CC(C)C)cc1. The van der Waals surface area contributed by atoms with Crippen molar-refractivity contribution in [2.75, 3.05) is 0 Å². The van der Waals surface area contributed by atoms with E-state index in [0.29, 0.717) is 18.0 Å². The molecule has 1 aromatic heterocycles. The molecule has 3 rings (SSSR count). The van der Waals surface area contributed by atoms with Gasteiger partial charge in [0.25, 0.3) is 0 Å². The van der Waals surface area contributed by atoms with Crippen molar-refractivity contribution in [3.8, 4) is 5.69 Å². The van der Waals surface area contributed by atoms with Gasteiger partial charge in [-0.15, -0.1) is 10.2 Å². The topological polar surface area (TPSA) is 59.8 Å². The van der Waals surface area contributed by atoms with E-state index >= 15 is 0 Å². The van der Waals surface area contributed by atoms with E-state index in [4.69, 9.17) is 0 Å². The summed E-state index contributed by atoms with van der Waals surface area (Å²) in [5, 5.41) is 12.5. The third-order valence-corrected chi connectivity index (χ3v) is 5.59. The number of nitrogens with zero attached hydrogens (tertiary/aromatic N) is 3. The summed E-state index contributed by atoms with van der Waals surface area (Å²) in [7, 11) is 0. The van der Waals surface area contributed by atoms with Crippen LogP contribution in [0.2, 0.25) is 0 Å². The molecule has 0 aliphatic carbocycles. The second kappa shape index (κ2) is 9.89. The van der Waals surface area contributed by atoms with Crippen LogP contribution >= 0.6 is 11.8 Å². The van der Waals surface area contributed by atoms with Crippen molar-refractivity contribution in [2.24, 2.45) is 5.92 Å². The monoisotopic (exact) mass is 426 g/mol. The Kier molecular flexibility index (Phi) is 7.26. The zero-order chi connectivity index (χ0) is 21.7. The molecule has 0 spiro atoms. The molecule has 0 radical (unpaired) electrons. The molecule has 1 amide bonds. The maximum atomic E-state index is 13.2. The summed E-state index contributed by atoms with van der Waals surface area (Å²) in [5.41, 5.74) is 3.10. The second-order valence-electron chi connectivity index (χ2n) is 7.81. The number of aromatic nitrogens is 3. The highest BCUT2D eigenvalue weighted by molar-refractivity contribution is 7.98. The summed E-state index contributed by atoms with van der Waals surface area (Å²) < 4.78 is 15.2. The van der Waals surface area contributed by atoms with Gasteiger partial charge >= 0.3 is 0 Å². The summed E-state index contributed by atoms with van der Waals surface area (Å²) in [6, 6.07) is 14.3. The third kappa shape index (κ3) is 5.69. The van der Waals surface area contributed by atoms with Gasteiger partial charge in [0, 0.05) is 17.9 Å². The van der Waals surface area contributed by atoms with Gasteiger partial charge in [-0.2, -0.15) is 0 Å². The lowest BCUT2D eigenvalue weighted by Crippen LogP contribution is -2.29. The number of thioether (sulfide) groups is 1. The number of carbonyl (C=O) groups is 1. The zero-order valence-electron chi connectivity index (χ0n) is 17.7. The summed E-state index contributed by atoms with van der Waals surface area (Å²) in [4.78, 5) is 12.3. The van der Waals surface area contributed by atoms with Crippen molar-refractivity contribution in [3.05, 3.63) is 71.3 Å². The summed E-state index contributed by atoms with van der Waals surface area (Å²) in [6.45, 7) is 7.99. The van der Waals surface area contributed by atoms with Crippen LogP contribution in [-0.2, 0) is 10.5 Å². The first kappa shape index (κ1) is 22.0. The Morgan fingerprint density at radius 2 is 1.73 bits per heavy atom. The fourth-order valence-corrected chi connectivity index (χ4v) is 3.97. The quantitative estimate of drug-likeness (QED) is 0.501. The van der Waals surface area contributed by atoms with E-state index < -0.39 is 0 Å². The van der Waals surface area contributed by atoms with E-state index in [9.17, 15) is 9.18 Å². The Morgan fingerprint density at radius 1 is 1.07 bits per heavy atom. The summed E-state index contributed by atoms with van der Waals surface area (Å²) in [6.07, 6.45) is 0.467. The number of aryl methyl sites for hydroxylation is 1. The molecule has 7 heteroatoms. The van der Waals surface area contributed by atoms with E-state index in [2.05, 4.69) is 15.5 Å². The lowest BCUT2D eigenvalue weighted by Gasteiger charge is -2.17.